The Morgan fingerprint density at radius 2 is 1.76 bits per heavy atom. The van der Waals surface area contributed by atoms with E-state index in [2.05, 4.69) is 4.98 Å². The smallest absolute Gasteiger partial charge is 0.357 e. The number of methoxy groups -OCH3 is 2. The number of ether oxygens (including phenoxy) is 6. The quantitative estimate of drug-likeness (QED) is 0.622. The molecule has 0 amide bonds. The van der Waals surface area contributed by atoms with Gasteiger partial charge in [-0.05, 0) is 29.8 Å². The Balaban J connectivity index is 1.88. The molecular weight excluding hydrogens is 378 g/mol. The molecule has 0 atom stereocenters. The number of hydrogen-bond acceptors (Lipinski definition) is 8. The van der Waals surface area contributed by atoms with Crippen molar-refractivity contribution in [3.05, 3.63) is 41.6 Å². The van der Waals surface area contributed by atoms with Crippen LogP contribution < -0.4 is 18.9 Å². The minimum Gasteiger partial charge on any atom is -0.464 e. The third-order valence-corrected chi connectivity index (χ3v) is 4.92. The maximum absolute atomic E-state index is 12.5. The molecule has 2 aliphatic heterocycles. The van der Waals surface area contributed by atoms with Gasteiger partial charge in [-0.25, -0.2) is 9.78 Å². The first kappa shape index (κ1) is 17.6. The number of carbonyl (C=O) groups excluding carboxylic acids is 1. The third kappa shape index (κ3) is 2.72. The number of aromatic nitrogens is 1. The Hall–Kier alpha value is -3.52. The molecule has 0 fully saturated rings. The zero-order valence-electron chi connectivity index (χ0n) is 15.8. The molecule has 0 radical (unpaired) electrons. The SMILES string of the molecule is COCc1c(C(=O)OC)nc2ccc3c(c2c1-c1ccc2c(c1)OCO2)OCO3. The van der Waals surface area contributed by atoms with Gasteiger partial charge >= 0.3 is 5.97 Å². The van der Waals surface area contributed by atoms with Crippen molar-refractivity contribution in [3.63, 3.8) is 0 Å². The van der Waals surface area contributed by atoms with E-state index in [1.165, 1.54) is 7.11 Å². The monoisotopic (exact) mass is 395 g/mol. The minimum absolute atomic E-state index is 0.118. The van der Waals surface area contributed by atoms with Crippen molar-refractivity contribution in [3.8, 4) is 34.1 Å². The second kappa shape index (κ2) is 6.82. The van der Waals surface area contributed by atoms with Gasteiger partial charge in [0.25, 0.3) is 0 Å². The summed E-state index contributed by atoms with van der Waals surface area (Å²) in [5.74, 6) is 1.95. The van der Waals surface area contributed by atoms with Crippen LogP contribution in [0.25, 0.3) is 22.0 Å². The Bertz CT molecular complexity index is 1140. The fourth-order valence-corrected chi connectivity index (χ4v) is 3.67. The summed E-state index contributed by atoms with van der Waals surface area (Å²) in [6.45, 7) is 0.440. The summed E-state index contributed by atoms with van der Waals surface area (Å²) in [7, 11) is 2.88. The maximum atomic E-state index is 12.5. The van der Waals surface area contributed by atoms with E-state index in [0.29, 0.717) is 34.1 Å². The van der Waals surface area contributed by atoms with E-state index in [1.54, 1.807) is 19.2 Å². The molecule has 0 spiro atoms. The van der Waals surface area contributed by atoms with Gasteiger partial charge in [-0.1, -0.05) is 6.07 Å². The molecule has 0 bridgehead atoms. The van der Waals surface area contributed by atoms with Gasteiger partial charge in [0.15, 0.2) is 28.7 Å². The third-order valence-electron chi connectivity index (χ3n) is 4.92. The summed E-state index contributed by atoms with van der Waals surface area (Å²) in [6.07, 6.45) is 0. The molecule has 0 N–H and O–H groups in total. The molecule has 1 aromatic heterocycles. The molecular formula is C21H17NO7. The summed E-state index contributed by atoms with van der Waals surface area (Å²) in [5, 5.41) is 0.735. The van der Waals surface area contributed by atoms with Crippen molar-refractivity contribution in [1.82, 2.24) is 4.98 Å². The number of rotatable bonds is 4. The molecule has 2 aromatic carbocycles. The predicted molar refractivity (Wildman–Crippen MR) is 101 cm³/mol. The first-order valence-electron chi connectivity index (χ1n) is 8.93. The number of hydrogen-bond donors (Lipinski definition) is 0. The highest BCUT2D eigenvalue weighted by molar-refractivity contribution is 6.06. The summed E-state index contributed by atoms with van der Waals surface area (Å²) in [5.41, 5.74) is 2.92. The Kier molecular flexibility index (Phi) is 4.13. The standard InChI is InChI=1S/C21H17NO7/c1-24-8-12-17(11-3-5-14-16(7-11)28-9-26-14)18-13(22-19(12)21(23)25-2)4-6-15-20(18)29-10-27-15/h3-7H,8-10H2,1-2H3. The largest absolute Gasteiger partial charge is 0.464 e. The fourth-order valence-electron chi connectivity index (χ4n) is 3.67. The molecule has 0 unspecified atom stereocenters. The van der Waals surface area contributed by atoms with Crippen molar-refractivity contribution in [2.45, 2.75) is 6.61 Å². The van der Waals surface area contributed by atoms with E-state index < -0.39 is 5.97 Å². The average molecular weight is 395 g/mol. The zero-order chi connectivity index (χ0) is 20.0. The average Bonchev–Trinajstić information content (AvgIpc) is 3.41. The Labute approximate surface area is 165 Å². The summed E-state index contributed by atoms with van der Waals surface area (Å²) in [6, 6.07) is 9.17. The highest BCUT2D eigenvalue weighted by atomic mass is 16.7. The Morgan fingerprint density at radius 3 is 2.59 bits per heavy atom. The Morgan fingerprint density at radius 1 is 1.00 bits per heavy atom. The van der Waals surface area contributed by atoms with E-state index >= 15 is 0 Å². The highest BCUT2D eigenvalue weighted by Gasteiger charge is 2.28. The van der Waals surface area contributed by atoms with Crippen LogP contribution in [0.4, 0.5) is 0 Å². The van der Waals surface area contributed by atoms with Gasteiger partial charge in [-0.15, -0.1) is 0 Å². The van der Waals surface area contributed by atoms with Crippen LogP contribution in [-0.4, -0.2) is 38.8 Å². The second-order valence-corrected chi connectivity index (χ2v) is 6.50. The molecule has 8 nitrogen and oxygen atoms in total. The molecule has 5 rings (SSSR count). The lowest BCUT2D eigenvalue weighted by Gasteiger charge is -2.17. The van der Waals surface area contributed by atoms with Crippen LogP contribution in [0.15, 0.2) is 30.3 Å². The number of benzene rings is 2. The van der Waals surface area contributed by atoms with Crippen molar-refractivity contribution in [2.24, 2.45) is 0 Å². The van der Waals surface area contributed by atoms with Crippen molar-refractivity contribution < 1.29 is 33.2 Å². The number of pyridine rings is 1. The number of nitrogens with zero attached hydrogens (tertiary/aromatic N) is 1. The van der Waals surface area contributed by atoms with Crippen LogP contribution >= 0.6 is 0 Å². The summed E-state index contributed by atoms with van der Waals surface area (Å²) in [4.78, 5) is 17.1. The minimum atomic E-state index is -0.543. The van der Waals surface area contributed by atoms with Gasteiger partial charge in [-0.3, -0.25) is 0 Å². The molecule has 3 aromatic rings. The lowest BCUT2D eigenvalue weighted by molar-refractivity contribution is 0.0589. The molecule has 29 heavy (non-hydrogen) atoms. The van der Waals surface area contributed by atoms with Crippen LogP contribution in [0.1, 0.15) is 16.1 Å². The zero-order valence-corrected chi connectivity index (χ0v) is 15.8. The highest BCUT2D eigenvalue weighted by Crippen LogP contribution is 2.47. The van der Waals surface area contributed by atoms with E-state index in [-0.39, 0.29) is 25.9 Å². The van der Waals surface area contributed by atoms with Gasteiger partial charge < -0.3 is 28.4 Å². The van der Waals surface area contributed by atoms with Gasteiger partial charge in [0, 0.05) is 18.2 Å². The van der Waals surface area contributed by atoms with E-state index in [4.69, 9.17) is 28.4 Å². The normalized spacial score (nSPS) is 13.7. The van der Waals surface area contributed by atoms with Crippen molar-refractivity contribution in [2.75, 3.05) is 27.8 Å². The summed E-state index contributed by atoms with van der Waals surface area (Å²) < 4.78 is 32.7. The van der Waals surface area contributed by atoms with Crippen LogP contribution in [0.2, 0.25) is 0 Å². The molecule has 8 heteroatoms. The van der Waals surface area contributed by atoms with Gasteiger partial charge in [-0.2, -0.15) is 0 Å². The molecule has 0 aliphatic carbocycles. The van der Waals surface area contributed by atoms with E-state index in [1.807, 2.05) is 18.2 Å². The number of carbonyl (C=O) groups is 1. The maximum Gasteiger partial charge on any atom is 0.357 e. The lowest BCUT2D eigenvalue weighted by atomic mass is 9.93. The lowest BCUT2D eigenvalue weighted by Crippen LogP contribution is -2.12. The molecule has 2 aliphatic rings. The number of fused-ring (bicyclic) bond motifs is 4. The molecule has 3 heterocycles. The molecule has 148 valence electrons. The van der Waals surface area contributed by atoms with Crippen LogP contribution in [0.3, 0.4) is 0 Å². The molecule has 0 saturated carbocycles. The van der Waals surface area contributed by atoms with Gasteiger partial charge in [0.2, 0.25) is 13.6 Å². The van der Waals surface area contributed by atoms with E-state index in [9.17, 15) is 4.79 Å². The van der Waals surface area contributed by atoms with E-state index in [0.717, 1.165) is 16.5 Å². The van der Waals surface area contributed by atoms with Gasteiger partial charge in [0.1, 0.15) is 0 Å². The summed E-state index contributed by atoms with van der Waals surface area (Å²) >= 11 is 0. The van der Waals surface area contributed by atoms with Crippen LogP contribution in [0.5, 0.6) is 23.0 Å². The van der Waals surface area contributed by atoms with Crippen molar-refractivity contribution in [1.29, 1.82) is 0 Å². The van der Waals surface area contributed by atoms with Crippen molar-refractivity contribution >= 4 is 16.9 Å². The topological polar surface area (TPSA) is 85.3 Å². The number of esters is 1. The first-order valence-corrected chi connectivity index (χ1v) is 8.93. The fraction of sp³-hybridized carbons (Fsp3) is 0.238. The van der Waals surface area contributed by atoms with Crippen LogP contribution in [-0.2, 0) is 16.1 Å². The first-order chi connectivity index (χ1) is 14.2. The van der Waals surface area contributed by atoms with Crippen LogP contribution in [0, 0.1) is 0 Å². The second-order valence-electron chi connectivity index (χ2n) is 6.50. The predicted octanol–water partition coefficient (Wildman–Crippen LogP) is 3.29. The molecule has 0 saturated heterocycles. The van der Waals surface area contributed by atoms with Gasteiger partial charge in [0.05, 0.1) is 24.6 Å².